The van der Waals surface area contributed by atoms with Crippen LogP contribution < -0.4 is 4.74 Å². The lowest BCUT2D eigenvalue weighted by Crippen LogP contribution is -1.98. The van der Waals surface area contributed by atoms with Crippen molar-refractivity contribution in [3.63, 3.8) is 0 Å². The third kappa shape index (κ3) is 3.89. The SMILES string of the molecule is C[C@@H](O)c1ccc(OCc2ccc(C#N)cc2Cl)c(Cl)c1. The molecule has 0 fully saturated rings. The fraction of sp³-hybridized carbons (Fsp3) is 0.188. The van der Waals surface area contributed by atoms with E-state index in [2.05, 4.69) is 0 Å². The lowest BCUT2D eigenvalue weighted by atomic mass is 10.1. The maximum absolute atomic E-state index is 9.49. The molecule has 21 heavy (non-hydrogen) atoms. The summed E-state index contributed by atoms with van der Waals surface area (Å²) in [6.45, 7) is 1.92. The molecule has 0 saturated carbocycles. The van der Waals surface area contributed by atoms with Gasteiger partial charge in [0, 0.05) is 10.6 Å². The van der Waals surface area contributed by atoms with Gasteiger partial charge in [-0.2, -0.15) is 5.26 Å². The highest BCUT2D eigenvalue weighted by Crippen LogP contribution is 2.29. The summed E-state index contributed by atoms with van der Waals surface area (Å²) in [6.07, 6.45) is -0.579. The molecule has 0 unspecified atom stereocenters. The van der Waals surface area contributed by atoms with Gasteiger partial charge in [-0.05, 0) is 36.8 Å². The largest absolute Gasteiger partial charge is 0.487 e. The number of aliphatic hydroxyl groups is 1. The molecule has 0 heterocycles. The first-order valence-electron chi connectivity index (χ1n) is 6.30. The molecule has 0 amide bonds. The van der Waals surface area contributed by atoms with Crippen LogP contribution in [0.2, 0.25) is 10.0 Å². The van der Waals surface area contributed by atoms with E-state index >= 15 is 0 Å². The minimum atomic E-state index is -0.579. The molecule has 0 aromatic heterocycles. The Balaban J connectivity index is 2.12. The van der Waals surface area contributed by atoms with Crippen LogP contribution in [-0.2, 0) is 6.61 Å². The van der Waals surface area contributed by atoms with Crippen molar-refractivity contribution in [2.75, 3.05) is 0 Å². The van der Waals surface area contributed by atoms with Gasteiger partial charge in [-0.1, -0.05) is 35.3 Å². The molecule has 0 radical (unpaired) electrons. The molecule has 5 heteroatoms. The summed E-state index contributed by atoms with van der Waals surface area (Å²) in [6, 6.07) is 12.2. The summed E-state index contributed by atoms with van der Waals surface area (Å²) in [4.78, 5) is 0. The summed E-state index contributed by atoms with van der Waals surface area (Å²) in [5.41, 5.74) is 2.00. The quantitative estimate of drug-likeness (QED) is 0.902. The van der Waals surface area contributed by atoms with Crippen molar-refractivity contribution >= 4 is 23.2 Å². The molecule has 0 bridgehead atoms. The van der Waals surface area contributed by atoms with Crippen LogP contribution in [0.1, 0.15) is 29.7 Å². The molecular formula is C16H13Cl2NO2. The summed E-state index contributed by atoms with van der Waals surface area (Å²) in [5, 5.41) is 19.2. The third-order valence-corrected chi connectivity index (χ3v) is 3.65. The molecule has 1 atom stereocenters. The van der Waals surface area contributed by atoms with Gasteiger partial charge >= 0.3 is 0 Å². The molecule has 3 nitrogen and oxygen atoms in total. The summed E-state index contributed by atoms with van der Waals surface area (Å²) in [7, 11) is 0. The topological polar surface area (TPSA) is 53.2 Å². The second-order valence-corrected chi connectivity index (χ2v) is 5.39. The summed E-state index contributed by atoms with van der Waals surface area (Å²) < 4.78 is 5.63. The first-order chi connectivity index (χ1) is 10.0. The normalized spacial score (nSPS) is 11.8. The van der Waals surface area contributed by atoms with Gasteiger partial charge in [0.2, 0.25) is 0 Å². The van der Waals surface area contributed by atoms with Crippen LogP contribution in [-0.4, -0.2) is 5.11 Å². The molecule has 2 aromatic carbocycles. The molecule has 1 N–H and O–H groups in total. The van der Waals surface area contributed by atoms with Crippen LogP contribution in [0, 0.1) is 11.3 Å². The number of benzene rings is 2. The Labute approximate surface area is 133 Å². The predicted molar refractivity (Wildman–Crippen MR) is 82.6 cm³/mol. The lowest BCUT2D eigenvalue weighted by Gasteiger charge is -2.11. The number of hydrogen-bond donors (Lipinski definition) is 1. The second-order valence-electron chi connectivity index (χ2n) is 4.57. The van der Waals surface area contributed by atoms with E-state index in [0.29, 0.717) is 21.4 Å². The van der Waals surface area contributed by atoms with Gasteiger partial charge in [0.15, 0.2) is 0 Å². The third-order valence-electron chi connectivity index (χ3n) is 3.00. The average molecular weight is 322 g/mol. The second kappa shape index (κ2) is 6.82. The van der Waals surface area contributed by atoms with Gasteiger partial charge in [-0.3, -0.25) is 0 Å². The zero-order valence-electron chi connectivity index (χ0n) is 11.3. The number of hydrogen-bond acceptors (Lipinski definition) is 3. The standard InChI is InChI=1S/C16H13Cl2NO2/c1-10(20)12-4-5-16(15(18)7-12)21-9-13-3-2-11(8-19)6-14(13)17/h2-7,10,20H,9H2,1H3/t10-/m1/s1. The molecule has 0 spiro atoms. The van der Waals surface area contributed by atoms with Gasteiger partial charge in [0.05, 0.1) is 22.8 Å². The van der Waals surface area contributed by atoms with Gasteiger partial charge in [0.1, 0.15) is 12.4 Å². The van der Waals surface area contributed by atoms with Crippen molar-refractivity contribution < 1.29 is 9.84 Å². The number of rotatable bonds is 4. The van der Waals surface area contributed by atoms with Crippen molar-refractivity contribution in [1.29, 1.82) is 5.26 Å². The molecule has 0 saturated heterocycles. The Hall–Kier alpha value is -1.73. The zero-order valence-corrected chi connectivity index (χ0v) is 12.8. The van der Waals surface area contributed by atoms with Gasteiger partial charge in [-0.25, -0.2) is 0 Å². The highest BCUT2D eigenvalue weighted by molar-refractivity contribution is 6.32. The fourth-order valence-corrected chi connectivity index (χ4v) is 2.26. The van der Waals surface area contributed by atoms with E-state index in [9.17, 15) is 5.11 Å². The summed E-state index contributed by atoms with van der Waals surface area (Å²) >= 11 is 12.2. The van der Waals surface area contributed by atoms with Crippen molar-refractivity contribution in [2.24, 2.45) is 0 Å². The van der Waals surface area contributed by atoms with Crippen molar-refractivity contribution in [2.45, 2.75) is 19.6 Å². The van der Waals surface area contributed by atoms with Crippen LogP contribution in [0.3, 0.4) is 0 Å². The van der Waals surface area contributed by atoms with Crippen LogP contribution in [0.5, 0.6) is 5.75 Å². The number of nitrogens with zero attached hydrogens (tertiary/aromatic N) is 1. The molecule has 0 aliphatic heterocycles. The van der Waals surface area contributed by atoms with E-state index in [1.54, 1.807) is 43.3 Å². The Kier molecular flexibility index (Phi) is 5.08. The monoisotopic (exact) mass is 321 g/mol. The molecule has 0 aliphatic rings. The van der Waals surface area contributed by atoms with E-state index in [4.69, 9.17) is 33.2 Å². The van der Waals surface area contributed by atoms with Crippen molar-refractivity contribution in [1.82, 2.24) is 0 Å². The Morgan fingerprint density at radius 1 is 1.19 bits per heavy atom. The molecule has 2 aromatic rings. The Bertz CT molecular complexity index is 693. The number of nitriles is 1. The van der Waals surface area contributed by atoms with E-state index < -0.39 is 6.10 Å². The van der Waals surface area contributed by atoms with Gasteiger partial charge in [-0.15, -0.1) is 0 Å². The summed E-state index contributed by atoms with van der Waals surface area (Å²) in [5.74, 6) is 0.515. The maximum Gasteiger partial charge on any atom is 0.138 e. The first kappa shape index (κ1) is 15.7. The van der Waals surface area contributed by atoms with E-state index in [1.165, 1.54) is 0 Å². The smallest absolute Gasteiger partial charge is 0.138 e. The number of halogens is 2. The first-order valence-corrected chi connectivity index (χ1v) is 7.05. The van der Waals surface area contributed by atoms with Crippen LogP contribution in [0.15, 0.2) is 36.4 Å². The number of ether oxygens (including phenoxy) is 1. The maximum atomic E-state index is 9.49. The fourth-order valence-electron chi connectivity index (χ4n) is 1.78. The zero-order chi connectivity index (χ0) is 15.4. The van der Waals surface area contributed by atoms with E-state index in [0.717, 1.165) is 11.1 Å². The van der Waals surface area contributed by atoms with Crippen molar-refractivity contribution in [3.05, 3.63) is 63.1 Å². The van der Waals surface area contributed by atoms with Crippen molar-refractivity contribution in [3.8, 4) is 11.8 Å². The van der Waals surface area contributed by atoms with E-state index in [1.807, 2.05) is 6.07 Å². The van der Waals surface area contributed by atoms with Crippen LogP contribution in [0.4, 0.5) is 0 Å². The lowest BCUT2D eigenvalue weighted by molar-refractivity contribution is 0.199. The Morgan fingerprint density at radius 2 is 1.95 bits per heavy atom. The minimum Gasteiger partial charge on any atom is -0.487 e. The van der Waals surface area contributed by atoms with Crippen LogP contribution in [0.25, 0.3) is 0 Å². The number of aliphatic hydroxyl groups excluding tert-OH is 1. The molecule has 2 rings (SSSR count). The molecular weight excluding hydrogens is 309 g/mol. The highest BCUT2D eigenvalue weighted by Gasteiger charge is 2.08. The molecule has 0 aliphatic carbocycles. The van der Waals surface area contributed by atoms with Gasteiger partial charge < -0.3 is 9.84 Å². The van der Waals surface area contributed by atoms with Gasteiger partial charge in [0.25, 0.3) is 0 Å². The van der Waals surface area contributed by atoms with E-state index in [-0.39, 0.29) is 6.61 Å². The predicted octanol–water partition coefficient (Wildman–Crippen LogP) is 4.50. The Morgan fingerprint density at radius 3 is 2.52 bits per heavy atom. The minimum absolute atomic E-state index is 0.248. The molecule has 108 valence electrons. The van der Waals surface area contributed by atoms with Crippen LogP contribution >= 0.6 is 23.2 Å². The average Bonchev–Trinajstić information content (AvgIpc) is 2.46. The highest BCUT2D eigenvalue weighted by atomic mass is 35.5.